The van der Waals surface area contributed by atoms with Crippen molar-refractivity contribution in [3.63, 3.8) is 0 Å². The zero-order valence-corrected chi connectivity index (χ0v) is 16.6. The van der Waals surface area contributed by atoms with Crippen LogP contribution in [0.5, 0.6) is 5.75 Å². The van der Waals surface area contributed by atoms with Crippen molar-refractivity contribution in [2.75, 3.05) is 11.9 Å². The molecule has 0 spiro atoms. The summed E-state index contributed by atoms with van der Waals surface area (Å²) < 4.78 is 45.4. The van der Waals surface area contributed by atoms with Crippen LogP contribution in [0.3, 0.4) is 0 Å². The van der Waals surface area contributed by atoms with E-state index in [0.29, 0.717) is 17.7 Å². The Morgan fingerprint density at radius 2 is 1.72 bits per heavy atom. The van der Waals surface area contributed by atoms with Crippen LogP contribution < -0.4 is 15.4 Å². The Morgan fingerprint density at radius 3 is 2.38 bits per heavy atom. The molecule has 0 aliphatic carbocycles. The van der Waals surface area contributed by atoms with Crippen LogP contribution in [0.1, 0.15) is 37.8 Å². The fraction of sp³-hybridized carbons (Fsp3) is 0.333. The average molecular weight is 408 g/mol. The normalized spacial score (nSPS) is 11.9. The first-order valence-electron chi connectivity index (χ1n) is 9.08. The van der Waals surface area contributed by atoms with Crippen LogP contribution in [0.4, 0.5) is 18.9 Å². The maximum Gasteiger partial charge on any atom is 0.261 e. The lowest BCUT2D eigenvalue weighted by Gasteiger charge is -2.18. The molecule has 0 bridgehead atoms. The standard InChI is InChI=1S/C21H23F3N2O3/c1-11(2)14-6-5-12(3)17(9-14)29-13(4)21(28)25-10-18(27)26-16-8-7-15(22)19(23)20(16)24/h5-9,11,13H,10H2,1-4H3,(H,25,28)(H,26,27). The highest BCUT2D eigenvalue weighted by atomic mass is 19.2. The fourth-order valence-corrected chi connectivity index (χ4v) is 2.47. The molecule has 0 radical (unpaired) electrons. The molecule has 1 atom stereocenters. The Morgan fingerprint density at radius 1 is 1.03 bits per heavy atom. The molecule has 2 aromatic carbocycles. The van der Waals surface area contributed by atoms with Gasteiger partial charge < -0.3 is 15.4 Å². The van der Waals surface area contributed by atoms with E-state index in [2.05, 4.69) is 10.6 Å². The topological polar surface area (TPSA) is 67.4 Å². The lowest BCUT2D eigenvalue weighted by molar-refractivity contribution is -0.129. The Kier molecular flexibility index (Phi) is 7.25. The van der Waals surface area contributed by atoms with Crippen LogP contribution in [0, 0.1) is 24.4 Å². The number of amides is 2. The first-order valence-corrected chi connectivity index (χ1v) is 9.08. The van der Waals surface area contributed by atoms with Gasteiger partial charge in [0.25, 0.3) is 5.91 Å². The smallest absolute Gasteiger partial charge is 0.261 e. The quantitative estimate of drug-likeness (QED) is 0.679. The van der Waals surface area contributed by atoms with Gasteiger partial charge in [-0.05, 0) is 49.1 Å². The van der Waals surface area contributed by atoms with Crippen molar-refractivity contribution in [3.05, 3.63) is 58.9 Å². The van der Waals surface area contributed by atoms with Crippen molar-refractivity contribution in [2.45, 2.75) is 39.7 Å². The molecule has 156 valence electrons. The van der Waals surface area contributed by atoms with E-state index in [1.807, 2.05) is 39.0 Å². The first kappa shape index (κ1) is 22.3. The van der Waals surface area contributed by atoms with Crippen LogP contribution in [0.2, 0.25) is 0 Å². The van der Waals surface area contributed by atoms with Crippen molar-refractivity contribution in [1.82, 2.24) is 5.32 Å². The van der Waals surface area contributed by atoms with Crippen LogP contribution >= 0.6 is 0 Å². The first-order chi connectivity index (χ1) is 13.6. The van der Waals surface area contributed by atoms with Crippen LogP contribution in [-0.4, -0.2) is 24.5 Å². The maximum absolute atomic E-state index is 13.6. The van der Waals surface area contributed by atoms with Gasteiger partial charge in [0.1, 0.15) is 5.75 Å². The van der Waals surface area contributed by atoms with E-state index in [1.165, 1.54) is 6.92 Å². The predicted octanol–water partition coefficient (Wildman–Crippen LogP) is 4.06. The van der Waals surface area contributed by atoms with Crippen LogP contribution in [0.25, 0.3) is 0 Å². The van der Waals surface area contributed by atoms with E-state index >= 15 is 0 Å². The van der Waals surface area contributed by atoms with Crippen LogP contribution in [-0.2, 0) is 9.59 Å². The minimum atomic E-state index is -1.69. The summed E-state index contributed by atoms with van der Waals surface area (Å²) in [4.78, 5) is 24.1. The summed E-state index contributed by atoms with van der Waals surface area (Å²) in [6.07, 6.45) is -0.885. The molecule has 5 nitrogen and oxygen atoms in total. The van der Waals surface area contributed by atoms with Crippen molar-refractivity contribution in [3.8, 4) is 5.75 Å². The Labute approximate surface area is 167 Å². The molecule has 2 rings (SSSR count). The van der Waals surface area contributed by atoms with Crippen molar-refractivity contribution in [2.24, 2.45) is 0 Å². The van der Waals surface area contributed by atoms with Gasteiger partial charge in [0.05, 0.1) is 12.2 Å². The zero-order valence-electron chi connectivity index (χ0n) is 16.6. The molecular weight excluding hydrogens is 385 g/mol. The van der Waals surface area contributed by atoms with Gasteiger partial charge in [0, 0.05) is 0 Å². The Balaban J connectivity index is 1.93. The summed E-state index contributed by atoms with van der Waals surface area (Å²) in [5.74, 6) is -5.06. The molecule has 0 saturated carbocycles. The van der Waals surface area contributed by atoms with Gasteiger partial charge >= 0.3 is 0 Å². The lowest BCUT2D eigenvalue weighted by atomic mass is 10.0. The van der Waals surface area contributed by atoms with E-state index in [9.17, 15) is 22.8 Å². The number of ether oxygens (including phenoxy) is 1. The summed E-state index contributed by atoms with van der Waals surface area (Å²) in [6, 6.07) is 7.33. The molecule has 29 heavy (non-hydrogen) atoms. The monoisotopic (exact) mass is 408 g/mol. The molecule has 8 heteroatoms. The predicted molar refractivity (Wildman–Crippen MR) is 103 cm³/mol. The molecule has 0 heterocycles. The second kappa shape index (κ2) is 9.45. The highest BCUT2D eigenvalue weighted by Gasteiger charge is 2.19. The molecule has 0 aliphatic rings. The number of aryl methyl sites for hydroxylation is 1. The summed E-state index contributed by atoms with van der Waals surface area (Å²) in [7, 11) is 0. The van der Waals surface area contributed by atoms with E-state index in [4.69, 9.17) is 4.74 Å². The number of benzene rings is 2. The molecule has 0 fully saturated rings. The minimum absolute atomic E-state index is 0.294. The highest BCUT2D eigenvalue weighted by molar-refractivity contribution is 5.95. The summed E-state index contributed by atoms with van der Waals surface area (Å²) >= 11 is 0. The third-order valence-electron chi connectivity index (χ3n) is 4.28. The highest BCUT2D eigenvalue weighted by Crippen LogP contribution is 2.25. The molecule has 1 unspecified atom stereocenters. The molecule has 2 aromatic rings. The zero-order chi connectivity index (χ0) is 21.7. The summed E-state index contributed by atoms with van der Waals surface area (Å²) in [5.41, 5.74) is 1.40. The van der Waals surface area contributed by atoms with Gasteiger partial charge in [-0.2, -0.15) is 0 Å². The second-order valence-corrected chi connectivity index (χ2v) is 6.93. The van der Waals surface area contributed by atoms with E-state index in [1.54, 1.807) is 0 Å². The largest absolute Gasteiger partial charge is 0.481 e. The number of nitrogens with one attached hydrogen (secondary N) is 2. The fourth-order valence-electron chi connectivity index (χ4n) is 2.47. The second-order valence-electron chi connectivity index (χ2n) is 6.93. The van der Waals surface area contributed by atoms with Gasteiger partial charge in [-0.15, -0.1) is 0 Å². The average Bonchev–Trinajstić information content (AvgIpc) is 2.68. The van der Waals surface area contributed by atoms with E-state index in [-0.39, 0.29) is 0 Å². The number of anilines is 1. The molecule has 2 amide bonds. The van der Waals surface area contributed by atoms with E-state index in [0.717, 1.165) is 17.2 Å². The number of carbonyl (C=O) groups is 2. The summed E-state index contributed by atoms with van der Waals surface area (Å²) in [6.45, 7) is 6.98. The molecule has 0 aromatic heterocycles. The Bertz CT molecular complexity index is 916. The minimum Gasteiger partial charge on any atom is -0.481 e. The third kappa shape index (κ3) is 5.73. The number of rotatable bonds is 7. The molecule has 0 aliphatic heterocycles. The van der Waals surface area contributed by atoms with Gasteiger partial charge in [-0.3, -0.25) is 9.59 Å². The molecular formula is C21H23F3N2O3. The third-order valence-corrected chi connectivity index (χ3v) is 4.28. The maximum atomic E-state index is 13.6. The number of hydrogen-bond acceptors (Lipinski definition) is 3. The molecule has 2 N–H and O–H groups in total. The van der Waals surface area contributed by atoms with Crippen molar-refractivity contribution >= 4 is 17.5 Å². The SMILES string of the molecule is Cc1ccc(C(C)C)cc1OC(C)C(=O)NCC(=O)Nc1ccc(F)c(F)c1F. The number of hydrogen-bond donors (Lipinski definition) is 2. The van der Waals surface area contributed by atoms with Crippen molar-refractivity contribution < 1.29 is 27.5 Å². The van der Waals surface area contributed by atoms with Crippen LogP contribution in [0.15, 0.2) is 30.3 Å². The van der Waals surface area contributed by atoms with E-state index < -0.39 is 47.6 Å². The molecule has 0 saturated heterocycles. The van der Waals surface area contributed by atoms with Gasteiger partial charge in [0.2, 0.25) is 5.91 Å². The van der Waals surface area contributed by atoms with Gasteiger partial charge in [0.15, 0.2) is 23.6 Å². The Hall–Kier alpha value is -3.03. The lowest BCUT2D eigenvalue weighted by Crippen LogP contribution is -2.40. The number of halogens is 3. The van der Waals surface area contributed by atoms with Gasteiger partial charge in [-0.25, -0.2) is 13.2 Å². The number of carbonyl (C=O) groups excluding carboxylic acids is 2. The summed E-state index contributed by atoms with van der Waals surface area (Å²) in [5, 5.41) is 4.43. The van der Waals surface area contributed by atoms with Gasteiger partial charge in [-0.1, -0.05) is 26.0 Å². The van der Waals surface area contributed by atoms with Crippen molar-refractivity contribution in [1.29, 1.82) is 0 Å².